The molecule has 0 radical (unpaired) electrons. The molecule has 5 nitrogen and oxygen atoms in total. The van der Waals surface area contributed by atoms with E-state index < -0.39 is 0 Å². The minimum atomic E-state index is 0.691. The van der Waals surface area contributed by atoms with Crippen molar-refractivity contribution < 1.29 is 4.74 Å². The molecule has 2 rings (SSSR count). The molecule has 1 aliphatic rings. The average Bonchev–Trinajstić information content (AvgIpc) is 2.67. The summed E-state index contributed by atoms with van der Waals surface area (Å²) in [5, 5.41) is 6.66. The van der Waals surface area contributed by atoms with Crippen LogP contribution in [0.5, 0.6) is 0 Å². The SMILES string of the molecule is CCNC(=NCc1ccc(N2CCSCC2)cc1)NCCCOCC. The molecule has 0 saturated carbocycles. The molecule has 1 aromatic rings. The maximum atomic E-state index is 5.36. The van der Waals surface area contributed by atoms with Crippen molar-refractivity contribution >= 4 is 23.4 Å². The van der Waals surface area contributed by atoms with E-state index in [1.807, 2.05) is 18.7 Å². The summed E-state index contributed by atoms with van der Waals surface area (Å²) in [6, 6.07) is 8.84. The fourth-order valence-electron chi connectivity index (χ4n) is 2.67. The zero-order valence-electron chi connectivity index (χ0n) is 15.6. The highest BCUT2D eigenvalue weighted by Gasteiger charge is 2.10. The van der Waals surface area contributed by atoms with Crippen molar-refractivity contribution in [3.8, 4) is 0 Å². The van der Waals surface area contributed by atoms with Crippen molar-refractivity contribution in [2.24, 2.45) is 4.99 Å². The third-order valence-corrected chi connectivity index (χ3v) is 4.98. The van der Waals surface area contributed by atoms with Gasteiger partial charge in [-0.3, -0.25) is 0 Å². The number of thioether (sulfide) groups is 1. The Hall–Kier alpha value is -1.40. The molecule has 1 fully saturated rings. The highest BCUT2D eigenvalue weighted by Crippen LogP contribution is 2.20. The smallest absolute Gasteiger partial charge is 0.191 e. The van der Waals surface area contributed by atoms with Crippen LogP contribution >= 0.6 is 11.8 Å². The number of hydrogen-bond donors (Lipinski definition) is 2. The van der Waals surface area contributed by atoms with E-state index in [0.29, 0.717) is 6.54 Å². The maximum absolute atomic E-state index is 5.36. The third-order valence-electron chi connectivity index (χ3n) is 4.04. The van der Waals surface area contributed by atoms with Crippen LogP contribution < -0.4 is 15.5 Å². The molecule has 1 aliphatic heterocycles. The van der Waals surface area contributed by atoms with Crippen LogP contribution in [-0.2, 0) is 11.3 Å². The fourth-order valence-corrected chi connectivity index (χ4v) is 3.57. The van der Waals surface area contributed by atoms with Gasteiger partial charge in [-0.2, -0.15) is 11.8 Å². The van der Waals surface area contributed by atoms with Gasteiger partial charge in [0, 0.05) is 56.6 Å². The van der Waals surface area contributed by atoms with E-state index in [-0.39, 0.29) is 0 Å². The molecule has 140 valence electrons. The van der Waals surface area contributed by atoms with Crippen molar-refractivity contribution in [2.75, 3.05) is 55.8 Å². The largest absolute Gasteiger partial charge is 0.382 e. The first kappa shape index (κ1) is 19.9. The van der Waals surface area contributed by atoms with Gasteiger partial charge in [-0.1, -0.05) is 12.1 Å². The molecule has 1 aromatic carbocycles. The minimum absolute atomic E-state index is 0.691. The number of guanidine groups is 1. The van der Waals surface area contributed by atoms with Crippen molar-refractivity contribution in [2.45, 2.75) is 26.8 Å². The van der Waals surface area contributed by atoms with Crippen LogP contribution in [0.15, 0.2) is 29.3 Å². The van der Waals surface area contributed by atoms with E-state index in [0.717, 1.165) is 51.8 Å². The number of nitrogens with one attached hydrogen (secondary N) is 2. The molecule has 6 heteroatoms. The van der Waals surface area contributed by atoms with E-state index >= 15 is 0 Å². The minimum Gasteiger partial charge on any atom is -0.382 e. The molecule has 2 N–H and O–H groups in total. The normalized spacial score (nSPS) is 15.3. The number of benzene rings is 1. The summed E-state index contributed by atoms with van der Waals surface area (Å²) in [6.07, 6.45) is 0.987. The second-order valence-electron chi connectivity index (χ2n) is 5.94. The van der Waals surface area contributed by atoms with Gasteiger partial charge < -0.3 is 20.3 Å². The van der Waals surface area contributed by atoms with Crippen LogP contribution in [0, 0.1) is 0 Å². The lowest BCUT2D eigenvalue weighted by atomic mass is 10.2. The number of hydrogen-bond acceptors (Lipinski definition) is 4. The van der Waals surface area contributed by atoms with Crippen LogP contribution in [-0.4, -0.2) is 56.9 Å². The van der Waals surface area contributed by atoms with Gasteiger partial charge in [0.05, 0.1) is 6.54 Å². The highest BCUT2D eigenvalue weighted by atomic mass is 32.2. The topological polar surface area (TPSA) is 48.9 Å². The second-order valence-corrected chi connectivity index (χ2v) is 7.16. The Balaban J connectivity index is 1.81. The molecular formula is C19H32N4OS. The first-order valence-electron chi connectivity index (χ1n) is 9.35. The summed E-state index contributed by atoms with van der Waals surface area (Å²) in [4.78, 5) is 7.15. The monoisotopic (exact) mass is 364 g/mol. The highest BCUT2D eigenvalue weighted by molar-refractivity contribution is 7.99. The Morgan fingerprint density at radius 3 is 2.60 bits per heavy atom. The van der Waals surface area contributed by atoms with Gasteiger partial charge in [0.2, 0.25) is 0 Å². The van der Waals surface area contributed by atoms with Gasteiger partial charge in [-0.25, -0.2) is 4.99 Å². The lowest BCUT2D eigenvalue weighted by Crippen LogP contribution is -2.38. The second kappa shape index (κ2) is 12.0. The molecule has 0 spiro atoms. The van der Waals surface area contributed by atoms with Gasteiger partial charge in [-0.05, 0) is 38.0 Å². The molecule has 0 bridgehead atoms. The molecule has 0 atom stereocenters. The molecular weight excluding hydrogens is 332 g/mol. The summed E-state index contributed by atoms with van der Waals surface area (Å²) in [5.74, 6) is 3.33. The number of ether oxygens (including phenoxy) is 1. The summed E-state index contributed by atoms with van der Waals surface area (Å²) >= 11 is 2.04. The zero-order chi connectivity index (χ0) is 17.7. The number of aliphatic imine (C=N–C) groups is 1. The first-order chi connectivity index (χ1) is 12.3. The van der Waals surface area contributed by atoms with Crippen molar-refractivity contribution in [3.05, 3.63) is 29.8 Å². The number of rotatable bonds is 9. The summed E-state index contributed by atoms with van der Waals surface area (Å²) in [6.45, 7) is 10.4. The van der Waals surface area contributed by atoms with Crippen molar-refractivity contribution in [1.82, 2.24) is 10.6 Å². The number of nitrogens with zero attached hydrogens (tertiary/aromatic N) is 2. The van der Waals surface area contributed by atoms with E-state index in [4.69, 9.17) is 4.74 Å². The lowest BCUT2D eigenvalue weighted by molar-refractivity contribution is 0.145. The predicted octanol–water partition coefficient (Wildman–Crippen LogP) is 2.72. The van der Waals surface area contributed by atoms with Crippen LogP contribution in [0.1, 0.15) is 25.8 Å². The summed E-state index contributed by atoms with van der Waals surface area (Å²) in [7, 11) is 0. The molecule has 0 unspecified atom stereocenters. The Morgan fingerprint density at radius 1 is 1.16 bits per heavy atom. The Bertz CT molecular complexity index is 501. The third kappa shape index (κ3) is 7.57. The van der Waals surface area contributed by atoms with Crippen LogP contribution in [0.25, 0.3) is 0 Å². The van der Waals surface area contributed by atoms with Gasteiger partial charge in [-0.15, -0.1) is 0 Å². The van der Waals surface area contributed by atoms with Gasteiger partial charge in [0.1, 0.15) is 0 Å². The molecule has 1 saturated heterocycles. The Morgan fingerprint density at radius 2 is 1.92 bits per heavy atom. The summed E-state index contributed by atoms with van der Waals surface area (Å²) < 4.78 is 5.36. The van der Waals surface area contributed by atoms with Crippen LogP contribution in [0.2, 0.25) is 0 Å². The van der Waals surface area contributed by atoms with E-state index in [1.165, 1.54) is 22.8 Å². The van der Waals surface area contributed by atoms with Gasteiger partial charge in [0.25, 0.3) is 0 Å². The molecule has 0 amide bonds. The lowest BCUT2D eigenvalue weighted by Gasteiger charge is -2.28. The quantitative estimate of drug-likeness (QED) is 0.401. The van der Waals surface area contributed by atoms with Crippen molar-refractivity contribution in [1.29, 1.82) is 0 Å². The summed E-state index contributed by atoms with van der Waals surface area (Å²) in [5.41, 5.74) is 2.57. The zero-order valence-corrected chi connectivity index (χ0v) is 16.4. The van der Waals surface area contributed by atoms with E-state index in [2.05, 4.69) is 51.7 Å². The predicted molar refractivity (Wildman–Crippen MR) is 110 cm³/mol. The molecule has 0 aromatic heterocycles. The maximum Gasteiger partial charge on any atom is 0.191 e. The molecule has 25 heavy (non-hydrogen) atoms. The standard InChI is InChI=1S/C19H32N4OS/c1-3-20-19(21-10-5-13-24-4-2)22-16-17-6-8-18(9-7-17)23-11-14-25-15-12-23/h6-9H,3-5,10-16H2,1-2H3,(H2,20,21,22). The first-order valence-corrected chi connectivity index (χ1v) is 10.5. The van der Waals surface area contributed by atoms with Crippen LogP contribution in [0.4, 0.5) is 5.69 Å². The van der Waals surface area contributed by atoms with Gasteiger partial charge >= 0.3 is 0 Å². The van der Waals surface area contributed by atoms with Crippen molar-refractivity contribution in [3.63, 3.8) is 0 Å². The number of anilines is 1. The van der Waals surface area contributed by atoms with Gasteiger partial charge in [0.15, 0.2) is 5.96 Å². The van der Waals surface area contributed by atoms with Crippen LogP contribution in [0.3, 0.4) is 0 Å². The fraction of sp³-hybridized carbons (Fsp3) is 0.632. The molecule has 1 heterocycles. The Labute approximate surface area is 156 Å². The van der Waals surface area contributed by atoms with E-state index in [9.17, 15) is 0 Å². The molecule has 0 aliphatic carbocycles. The Kier molecular flexibility index (Phi) is 9.59. The van der Waals surface area contributed by atoms with E-state index in [1.54, 1.807) is 0 Å². The average molecular weight is 365 g/mol.